The molecule has 0 bridgehead atoms. The van der Waals surface area contributed by atoms with E-state index in [1.807, 2.05) is 0 Å². The van der Waals surface area contributed by atoms with Crippen LogP contribution in [0.15, 0.2) is 41.3 Å². The number of hydrogen-bond acceptors (Lipinski definition) is 3. The maximum absolute atomic E-state index is 13.6. The van der Waals surface area contributed by atoms with Crippen molar-refractivity contribution in [1.29, 1.82) is 0 Å². The lowest BCUT2D eigenvalue weighted by molar-refractivity contribution is 0.0696. The number of anilines is 1. The van der Waals surface area contributed by atoms with Crippen LogP contribution < -0.4 is 4.72 Å². The van der Waals surface area contributed by atoms with E-state index in [9.17, 15) is 22.0 Å². The van der Waals surface area contributed by atoms with Gasteiger partial charge in [-0.05, 0) is 36.8 Å². The molecule has 0 amide bonds. The summed E-state index contributed by atoms with van der Waals surface area (Å²) < 4.78 is 52.8. The van der Waals surface area contributed by atoms with Gasteiger partial charge in [0.25, 0.3) is 10.0 Å². The summed E-state index contributed by atoms with van der Waals surface area (Å²) in [5.74, 6) is -3.36. The molecule has 0 fully saturated rings. The van der Waals surface area contributed by atoms with E-state index in [4.69, 9.17) is 5.11 Å². The van der Waals surface area contributed by atoms with Crippen LogP contribution in [0, 0.1) is 18.6 Å². The van der Waals surface area contributed by atoms with E-state index < -0.39 is 32.5 Å². The third-order valence-electron chi connectivity index (χ3n) is 2.99. The van der Waals surface area contributed by atoms with Gasteiger partial charge in [0.1, 0.15) is 16.5 Å². The minimum absolute atomic E-state index is 0.00336. The molecule has 2 N–H and O–H groups in total. The molecule has 116 valence electrons. The van der Waals surface area contributed by atoms with Crippen molar-refractivity contribution in [2.75, 3.05) is 4.72 Å². The standard InChI is InChI=1S/C14H11F2NO4S/c1-8-10(14(18)19)3-2-4-12(8)17-22(20,21)13-6-5-9(15)7-11(13)16/h2-7,17H,1H3,(H,18,19). The van der Waals surface area contributed by atoms with Gasteiger partial charge in [0.2, 0.25) is 0 Å². The summed E-state index contributed by atoms with van der Waals surface area (Å²) in [6.45, 7) is 1.42. The number of aromatic carboxylic acids is 1. The third-order valence-corrected chi connectivity index (χ3v) is 4.39. The van der Waals surface area contributed by atoms with Crippen molar-refractivity contribution in [3.8, 4) is 0 Å². The van der Waals surface area contributed by atoms with E-state index >= 15 is 0 Å². The number of carbonyl (C=O) groups is 1. The quantitative estimate of drug-likeness (QED) is 0.904. The van der Waals surface area contributed by atoms with Gasteiger partial charge in [0.05, 0.1) is 11.3 Å². The van der Waals surface area contributed by atoms with Crippen molar-refractivity contribution in [2.24, 2.45) is 0 Å². The van der Waals surface area contributed by atoms with Gasteiger partial charge in [-0.2, -0.15) is 0 Å². The van der Waals surface area contributed by atoms with Gasteiger partial charge in [-0.1, -0.05) is 6.07 Å². The Balaban J connectivity index is 2.46. The van der Waals surface area contributed by atoms with E-state index in [1.54, 1.807) is 0 Å². The number of carboxylic acids is 1. The topological polar surface area (TPSA) is 83.5 Å². The summed E-state index contributed by atoms with van der Waals surface area (Å²) in [5, 5.41) is 9.00. The van der Waals surface area contributed by atoms with E-state index in [0.29, 0.717) is 6.07 Å². The fraction of sp³-hybridized carbons (Fsp3) is 0.0714. The molecule has 2 aromatic carbocycles. The highest BCUT2D eigenvalue weighted by Crippen LogP contribution is 2.24. The average Bonchev–Trinajstić information content (AvgIpc) is 2.40. The molecule has 0 saturated carbocycles. The minimum Gasteiger partial charge on any atom is -0.478 e. The molecule has 0 unspecified atom stereocenters. The van der Waals surface area contributed by atoms with E-state index in [2.05, 4.69) is 4.72 Å². The Labute approximate surface area is 125 Å². The second-order valence-electron chi connectivity index (χ2n) is 4.46. The van der Waals surface area contributed by atoms with Crippen LogP contribution in [-0.4, -0.2) is 19.5 Å². The Morgan fingerprint density at radius 2 is 1.86 bits per heavy atom. The predicted molar refractivity (Wildman–Crippen MR) is 75.3 cm³/mol. The van der Waals surface area contributed by atoms with Crippen LogP contribution in [0.5, 0.6) is 0 Å². The van der Waals surface area contributed by atoms with Gasteiger partial charge in [0, 0.05) is 6.07 Å². The molecule has 0 aromatic heterocycles. The Morgan fingerprint density at radius 1 is 1.18 bits per heavy atom. The van der Waals surface area contributed by atoms with Crippen molar-refractivity contribution in [3.63, 3.8) is 0 Å². The van der Waals surface area contributed by atoms with Crippen molar-refractivity contribution in [1.82, 2.24) is 0 Å². The molecule has 0 atom stereocenters. The molecule has 2 aromatic rings. The number of carboxylic acid groups (broad SMARTS) is 1. The summed E-state index contributed by atoms with van der Waals surface area (Å²) in [4.78, 5) is 10.3. The van der Waals surface area contributed by atoms with Gasteiger partial charge in [-0.15, -0.1) is 0 Å². The lowest BCUT2D eigenvalue weighted by Gasteiger charge is -2.12. The summed E-state index contributed by atoms with van der Waals surface area (Å²) in [7, 11) is -4.31. The number of hydrogen-bond donors (Lipinski definition) is 2. The maximum atomic E-state index is 13.6. The Bertz CT molecular complexity index is 850. The molecule has 22 heavy (non-hydrogen) atoms. The average molecular weight is 327 g/mol. The van der Waals surface area contributed by atoms with Crippen LogP contribution in [0.2, 0.25) is 0 Å². The fourth-order valence-electron chi connectivity index (χ4n) is 1.87. The van der Waals surface area contributed by atoms with Crippen molar-refractivity contribution in [3.05, 3.63) is 59.2 Å². The Hall–Kier alpha value is -2.48. The third kappa shape index (κ3) is 3.06. The number of benzene rings is 2. The summed E-state index contributed by atoms with van der Waals surface area (Å²) in [5.41, 5.74) is 0.101. The van der Waals surface area contributed by atoms with Gasteiger partial charge < -0.3 is 5.11 Å². The predicted octanol–water partition coefficient (Wildman–Crippen LogP) is 2.77. The van der Waals surface area contributed by atoms with Crippen molar-refractivity contribution in [2.45, 2.75) is 11.8 Å². The second kappa shape index (κ2) is 5.72. The number of rotatable bonds is 4. The molecule has 5 nitrogen and oxygen atoms in total. The van der Waals surface area contributed by atoms with Gasteiger partial charge in [-0.3, -0.25) is 4.72 Å². The number of sulfonamides is 1. The summed E-state index contributed by atoms with van der Waals surface area (Å²) in [6, 6.07) is 6.08. The van der Waals surface area contributed by atoms with Crippen LogP contribution in [0.3, 0.4) is 0 Å². The zero-order valence-electron chi connectivity index (χ0n) is 11.3. The molecule has 0 spiro atoms. The lowest BCUT2D eigenvalue weighted by atomic mass is 10.1. The highest BCUT2D eigenvalue weighted by Gasteiger charge is 2.21. The second-order valence-corrected chi connectivity index (χ2v) is 6.11. The number of nitrogens with one attached hydrogen (secondary N) is 1. The zero-order valence-corrected chi connectivity index (χ0v) is 12.1. The fourth-order valence-corrected chi connectivity index (χ4v) is 3.05. The largest absolute Gasteiger partial charge is 0.478 e. The first kappa shape index (κ1) is 15.9. The molecule has 0 radical (unpaired) electrons. The normalized spacial score (nSPS) is 11.2. The minimum atomic E-state index is -4.31. The molecular weight excluding hydrogens is 316 g/mol. The smallest absolute Gasteiger partial charge is 0.336 e. The van der Waals surface area contributed by atoms with E-state index in [0.717, 1.165) is 12.1 Å². The summed E-state index contributed by atoms with van der Waals surface area (Å²) >= 11 is 0. The van der Waals surface area contributed by atoms with Crippen LogP contribution in [0.4, 0.5) is 14.5 Å². The van der Waals surface area contributed by atoms with E-state index in [1.165, 1.54) is 25.1 Å². The lowest BCUT2D eigenvalue weighted by Crippen LogP contribution is -2.16. The first-order valence-corrected chi connectivity index (χ1v) is 7.51. The van der Waals surface area contributed by atoms with E-state index in [-0.39, 0.29) is 16.8 Å². The monoisotopic (exact) mass is 327 g/mol. The van der Waals surface area contributed by atoms with Gasteiger partial charge in [-0.25, -0.2) is 22.0 Å². The van der Waals surface area contributed by atoms with Crippen molar-refractivity contribution >= 4 is 21.7 Å². The maximum Gasteiger partial charge on any atom is 0.336 e. The van der Waals surface area contributed by atoms with Crippen LogP contribution in [-0.2, 0) is 10.0 Å². The van der Waals surface area contributed by atoms with Crippen LogP contribution in [0.25, 0.3) is 0 Å². The molecule has 8 heteroatoms. The SMILES string of the molecule is Cc1c(NS(=O)(=O)c2ccc(F)cc2F)cccc1C(=O)O. The van der Waals surface area contributed by atoms with Crippen molar-refractivity contribution < 1.29 is 27.1 Å². The molecule has 0 aliphatic heterocycles. The molecule has 0 saturated heterocycles. The molecule has 0 aliphatic rings. The molecule has 2 rings (SSSR count). The first-order valence-electron chi connectivity index (χ1n) is 6.03. The Morgan fingerprint density at radius 3 is 2.45 bits per heavy atom. The first-order chi connectivity index (χ1) is 10.2. The summed E-state index contributed by atoms with van der Waals surface area (Å²) in [6.07, 6.45) is 0. The Kier molecular flexibility index (Phi) is 4.14. The van der Waals surface area contributed by atoms with Gasteiger partial charge in [0.15, 0.2) is 0 Å². The molecule has 0 aliphatic carbocycles. The van der Waals surface area contributed by atoms with Gasteiger partial charge >= 0.3 is 5.97 Å². The van der Waals surface area contributed by atoms with Crippen LogP contribution >= 0.6 is 0 Å². The molecule has 0 heterocycles. The molecular formula is C14H11F2NO4S. The van der Waals surface area contributed by atoms with Crippen LogP contribution in [0.1, 0.15) is 15.9 Å². The highest BCUT2D eigenvalue weighted by atomic mass is 32.2. The number of halogens is 2. The highest BCUT2D eigenvalue weighted by molar-refractivity contribution is 7.92. The zero-order chi connectivity index (χ0) is 16.5.